The van der Waals surface area contributed by atoms with Crippen LogP contribution in [0.2, 0.25) is 0 Å². The second kappa shape index (κ2) is 7.69. The van der Waals surface area contributed by atoms with E-state index in [4.69, 9.17) is 0 Å². The van der Waals surface area contributed by atoms with Crippen LogP contribution in [0, 0.1) is 24.0 Å². The first-order valence-corrected chi connectivity index (χ1v) is 10.4. The summed E-state index contributed by atoms with van der Waals surface area (Å²) < 4.78 is 0.971. The largest absolute Gasteiger partial charge is 0.345 e. The van der Waals surface area contributed by atoms with Crippen LogP contribution in [-0.4, -0.2) is 20.8 Å². The lowest BCUT2D eigenvalue weighted by Crippen LogP contribution is -2.13. The minimum Gasteiger partial charge on any atom is -0.345 e. The van der Waals surface area contributed by atoms with Gasteiger partial charge in [0.2, 0.25) is 0 Å². The van der Waals surface area contributed by atoms with Crippen molar-refractivity contribution in [2.75, 3.05) is 5.32 Å². The number of benzene rings is 2. The number of para-hydroxylation sites is 1. The van der Waals surface area contributed by atoms with Gasteiger partial charge >= 0.3 is 0 Å². The number of H-pyrrole nitrogens is 1. The number of aryl methyl sites for hydroxylation is 2. The molecule has 29 heavy (non-hydrogen) atoms. The highest BCUT2D eigenvalue weighted by atomic mass is 32.2. The molecule has 0 aliphatic carbocycles. The van der Waals surface area contributed by atoms with Crippen molar-refractivity contribution in [2.24, 2.45) is 0 Å². The Morgan fingerprint density at radius 2 is 2.07 bits per heavy atom. The number of nitrogens with zero attached hydrogens (tertiary/aromatic N) is 2. The first kappa shape index (κ1) is 19.2. The predicted molar refractivity (Wildman–Crippen MR) is 115 cm³/mol. The zero-order valence-corrected chi connectivity index (χ0v) is 17.2. The maximum Gasteiger partial charge on any atom is 0.293 e. The fourth-order valence-corrected chi connectivity index (χ4v) is 4.83. The molecule has 0 radical (unpaired) electrons. The van der Waals surface area contributed by atoms with Crippen molar-refractivity contribution >= 4 is 51.3 Å². The van der Waals surface area contributed by atoms with Gasteiger partial charge in [0, 0.05) is 33.1 Å². The number of hydrogen-bond donors (Lipinski definition) is 2. The molecule has 0 saturated carbocycles. The molecule has 2 N–H and O–H groups in total. The minimum atomic E-state index is -0.467. The molecule has 4 aromatic rings. The summed E-state index contributed by atoms with van der Waals surface area (Å²) in [6.07, 6.45) is 0. The number of nitro benzene ring substituents is 1. The number of carbonyl (C=O) groups excluding carboxylic acids is 1. The van der Waals surface area contributed by atoms with E-state index < -0.39 is 4.92 Å². The number of amides is 1. The molecule has 146 valence electrons. The number of thiazole rings is 1. The van der Waals surface area contributed by atoms with Gasteiger partial charge < -0.3 is 10.3 Å². The fraction of sp³-hybridized carbons (Fsp3) is 0.100. The molecule has 2 aromatic heterocycles. The molecule has 9 heteroatoms. The first-order chi connectivity index (χ1) is 13.9. The Bertz CT molecular complexity index is 1250. The van der Waals surface area contributed by atoms with Crippen LogP contribution in [0.25, 0.3) is 10.9 Å². The normalized spacial score (nSPS) is 11.0. The van der Waals surface area contributed by atoms with E-state index in [1.165, 1.54) is 6.07 Å². The molecule has 0 saturated heterocycles. The maximum absolute atomic E-state index is 12.7. The van der Waals surface area contributed by atoms with Crippen LogP contribution in [0.4, 0.5) is 11.4 Å². The molecule has 0 bridgehead atoms. The lowest BCUT2D eigenvalue weighted by molar-refractivity contribution is -0.383. The summed E-state index contributed by atoms with van der Waals surface area (Å²) >= 11 is 3.18. The molecular weight excluding hydrogens is 408 g/mol. The van der Waals surface area contributed by atoms with E-state index in [9.17, 15) is 14.9 Å². The standard InChI is InChI=1S/C20H16N4O3S2/c1-11-8-14(29-20-21-12(2)10-28-20)6-7-15(11)23-19(25)16-9-13-4-3-5-17(24(26)27)18(13)22-16/h3-10,22H,1-2H3,(H,23,25). The Morgan fingerprint density at radius 3 is 2.76 bits per heavy atom. The zero-order valence-electron chi connectivity index (χ0n) is 15.6. The molecule has 4 rings (SSSR count). The van der Waals surface area contributed by atoms with Crippen LogP contribution in [-0.2, 0) is 0 Å². The summed E-state index contributed by atoms with van der Waals surface area (Å²) in [5, 5.41) is 16.7. The number of rotatable bonds is 5. The van der Waals surface area contributed by atoms with E-state index in [-0.39, 0.29) is 17.3 Å². The summed E-state index contributed by atoms with van der Waals surface area (Å²) in [5.41, 5.74) is 3.14. The van der Waals surface area contributed by atoms with E-state index in [2.05, 4.69) is 15.3 Å². The third-order valence-electron chi connectivity index (χ3n) is 4.32. The van der Waals surface area contributed by atoms with Crippen LogP contribution in [0.15, 0.2) is 57.1 Å². The van der Waals surface area contributed by atoms with Gasteiger partial charge in [-0.3, -0.25) is 14.9 Å². The highest BCUT2D eigenvalue weighted by Crippen LogP contribution is 2.32. The number of nitrogens with one attached hydrogen (secondary N) is 2. The third kappa shape index (κ3) is 4.01. The lowest BCUT2D eigenvalue weighted by atomic mass is 10.2. The molecule has 0 atom stereocenters. The number of hydrogen-bond acceptors (Lipinski definition) is 6. The number of carbonyl (C=O) groups is 1. The molecule has 0 spiro atoms. The van der Waals surface area contributed by atoms with E-state index in [0.29, 0.717) is 16.6 Å². The lowest BCUT2D eigenvalue weighted by Gasteiger charge is -2.09. The van der Waals surface area contributed by atoms with Crippen molar-refractivity contribution in [1.82, 2.24) is 9.97 Å². The average molecular weight is 425 g/mol. The smallest absolute Gasteiger partial charge is 0.293 e. The molecule has 0 aliphatic rings. The van der Waals surface area contributed by atoms with Gasteiger partial charge in [0.25, 0.3) is 11.6 Å². The van der Waals surface area contributed by atoms with Gasteiger partial charge in [-0.05, 0) is 43.7 Å². The van der Waals surface area contributed by atoms with Gasteiger partial charge in [0.05, 0.1) is 4.92 Å². The molecule has 0 unspecified atom stereocenters. The highest BCUT2D eigenvalue weighted by molar-refractivity contribution is 8.01. The molecular formula is C20H16N4O3S2. The molecule has 2 heterocycles. The Balaban J connectivity index is 1.54. The zero-order chi connectivity index (χ0) is 20.5. The Labute approximate surface area is 174 Å². The van der Waals surface area contributed by atoms with Gasteiger partial charge in [0.15, 0.2) is 4.34 Å². The van der Waals surface area contributed by atoms with Crippen molar-refractivity contribution in [3.05, 3.63) is 74.9 Å². The predicted octanol–water partition coefficient (Wildman–Crippen LogP) is 5.55. The van der Waals surface area contributed by atoms with Crippen molar-refractivity contribution in [3.8, 4) is 0 Å². The Morgan fingerprint density at radius 1 is 1.24 bits per heavy atom. The number of aromatic nitrogens is 2. The van der Waals surface area contributed by atoms with Gasteiger partial charge in [-0.1, -0.05) is 23.9 Å². The van der Waals surface area contributed by atoms with Crippen molar-refractivity contribution < 1.29 is 9.72 Å². The van der Waals surface area contributed by atoms with E-state index in [1.807, 2.05) is 37.4 Å². The summed E-state index contributed by atoms with van der Waals surface area (Å²) in [7, 11) is 0. The van der Waals surface area contributed by atoms with Crippen molar-refractivity contribution in [3.63, 3.8) is 0 Å². The summed E-state index contributed by atoms with van der Waals surface area (Å²) in [6.45, 7) is 3.88. The van der Waals surface area contributed by atoms with Gasteiger partial charge in [0.1, 0.15) is 11.2 Å². The van der Waals surface area contributed by atoms with E-state index in [0.717, 1.165) is 20.5 Å². The molecule has 0 aliphatic heterocycles. The molecule has 1 amide bonds. The monoisotopic (exact) mass is 424 g/mol. The molecule has 2 aromatic carbocycles. The van der Waals surface area contributed by atoms with Crippen LogP contribution in [0.3, 0.4) is 0 Å². The van der Waals surface area contributed by atoms with Gasteiger partial charge in [-0.25, -0.2) is 4.98 Å². The van der Waals surface area contributed by atoms with Crippen molar-refractivity contribution in [2.45, 2.75) is 23.1 Å². The fourth-order valence-electron chi connectivity index (χ4n) is 2.92. The first-order valence-electron chi connectivity index (χ1n) is 8.69. The average Bonchev–Trinajstić information content (AvgIpc) is 3.29. The van der Waals surface area contributed by atoms with Crippen LogP contribution in [0.5, 0.6) is 0 Å². The number of aromatic amines is 1. The number of nitro groups is 1. The van der Waals surface area contributed by atoms with Crippen molar-refractivity contribution in [1.29, 1.82) is 0 Å². The molecule has 7 nitrogen and oxygen atoms in total. The number of anilines is 1. The topological polar surface area (TPSA) is 101 Å². The SMILES string of the molecule is Cc1csc(Sc2ccc(NC(=O)c3cc4cccc([N+](=O)[O-])c4[nH]3)c(C)c2)n1. The summed E-state index contributed by atoms with van der Waals surface area (Å²) in [6, 6.07) is 12.1. The van der Waals surface area contributed by atoms with Gasteiger partial charge in [-0.2, -0.15) is 0 Å². The second-order valence-electron chi connectivity index (χ2n) is 6.47. The highest BCUT2D eigenvalue weighted by Gasteiger charge is 2.17. The maximum atomic E-state index is 12.7. The quantitative estimate of drug-likeness (QED) is 0.323. The molecule has 0 fully saturated rings. The Hall–Kier alpha value is -3.17. The van der Waals surface area contributed by atoms with E-state index in [1.54, 1.807) is 41.3 Å². The van der Waals surface area contributed by atoms with Crippen LogP contribution >= 0.6 is 23.1 Å². The minimum absolute atomic E-state index is 0.0588. The summed E-state index contributed by atoms with van der Waals surface area (Å²) in [4.78, 5) is 31.7. The summed E-state index contributed by atoms with van der Waals surface area (Å²) in [5.74, 6) is -0.352. The van der Waals surface area contributed by atoms with Crippen LogP contribution < -0.4 is 5.32 Å². The number of fused-ring (bicyclic) bond motifs is 1. The van der Waals surface area contributed by atoms with E-state index >= 15 is 0 Å². The Kier molecular flexibility index (Phi) is 5.08. The second-order valence-corrected chi connectivity index (χ2v) is 8.65. The number of non-ortho nitro benzene ring substituents is 1. The third-order valence-corrected chi connectivity index (χ3v) is 6.37. The van der Waals surface area contributed by atoms with Crippen LogP contribution in [0.1, 0.15) is 21.7 Å². The van der Waals surface area contributed by atoms with Gasteiger partial charge in [-0.15, -0.1) is 11.3 Å².